The Balaban J connectivity index is 1.55. The van der Waals surface area contributed by atoms with Gasteiger partial charge >= 0.3 is 0 Å². The van der Waals surface area contributed by atoms with Gasteiger partial charge < -0.3 is 19.9 Å². The molecule has 0 bridgehead atoms. The molecule has 30 heavy (non-hydrogen) atoms. The molecule has 0 saturated heterocycles. The van der Waals surface area contributed by atoms with Crippen molar-refractivity contribution in [2.24, 2.45) is 0 Å². The Morgan fingerprint density at radius 1 is 1.13 bits per heavy atom. The Kier molecular flexibility index (Phi) is 7.09. The molecule has 0 aliphatic carbocycles. The van der Waals surface area contributed by atoms with Gasteiger partial charge in [-0.2, -0.15) is 0 Å². The van der Waals surface area contributed by atoms with Crippen LogP contribution >= 0.6 is 0 Å². The number of rotatable bonds is 9. The van der Waals surface area contributed by atoms with Gasteiger partial charge in [0.15, 0.2) is 6.61 Å². The largest absolute Gasteiger partial charge is 0.483 e. The van der Waals surface area contributed by atoms with Crippen LogP contribution in [0.5, 0.6) is 5.75 Å². The summed E-state index contributed by atoms with van der Waals surface area (Å²) in [5.74, 6) is -0.357. The third-order valence-corrected chi connectivity index (χ3v) is 4.31. The first-order valence-electron chi connectivity index (χ1n) is 9.49. The van der Waals surface area contributed by atoms with Gasteiger partial charge in [0.2, 0.25) is 0 Å². The first kappa shape index (κ1) is 21.0. The van der Waals surface area contributed by atoms with Crippen LogP contribution in [-0.4, -0.2) is 39.7 Å². The van der Waals surface area contributed by atoms with Crippen LogP contribution in [0.2, 0.25) is 0 Å². The predicted molar refractivity (Wildman–Crippen MR) is 109 cm³/mol. The van der Waals surface area contributed by atoms with Crippen molar-refractivity contribution in [3.63, 3.8) is 0 Å². The standard InChI is InChI=1S/C21H22FN5O3/c1-2-27-14-24-26-19(27)11-12-23-21(29)15-7-3-6-10-18(15)30-13-20(28)25-17-9-5-4-8-16(17)22/h3-10,14H,2,11-13H2,1H3,(H,23,29)(H,25,28). The Morgan fingerprint density at radius 3 is 2.70 bits per heavy atom. The summed E-state index contributed by atoms with van der Waals surface area (Å²) in [5, 5.41) is 13.1. The first-order chi connectivity index (χ1) is 14.6. The van der Waals surface area contributed by atoms with Crippen molar-refractivity contribution in [2.45, 2.75) is 19.9 Å². The maximum absolute atomic E-state index is 13.6. The highest BCUT2D eigenvalue weighted by molar-refractivity contribution is 5.97. The topological polar surface area (TPSA) is 98.1 Å². The zero-order chi connectivity index (χ0) is 21.3. The number of nitrogens with one attached hydrogen (secondary N) is 2. The molecular formula is C21H22FN5O3. The van der Waals surface area contributed by atoms with Gasteiger partial charge in [0.05, 0.1) is 11.3 Å². The molecule has 0 aliphatic rings. The average molecular weight is 411 g/mol. The van der Waals surface area contributed by atoms with Gasteiger partial charge in [-0.3, -0.25) is 9.59 Å². The maximum atomic E-state index is 13.6. The number of halogens is 1. The summed E-state index contributed by atoms with van der Waals surface area (Å²) >= 11 is 0. The van der Waals surface area contributed by atoms with Crippen LogP contribution in [0.3, 0.4) is 0 Å². The zero-order valence-corrected chi connectivity index (χ0v) is 16.5. The van der Waals surface area contributed by atoms with Gasteiger partial charge in [-0.15, -0.1) is 10.2 Å². The van der Waals surface area contributed by atoms with Crippen molar-refractivity contribution in [1.29, 1.82) is 0 Å². The molecule has 3 aromatic rings. The number of carbonyl (C=O) groups excluding carboxylic acids is 2. The lowest BCUT2D eigenvalue weighted by Gasteiger charge is -2.12. The lowest BCUT2D eigenvalue weighted by Crippen LogP contribution is -2.27. The summed E-state index contributed by atoms with van der Waals surface area (Å²) in [6.07, 6.45) is 2.18. The molecule has 2 amide bonds. The fraction of sp³-hybridized carbons (Fsp3) is 0.238. The van der Waals surface area contributed by atoms with Crippen LogP contribution in [0.4, 0.5) is 10.1 Å². The molecule has 156 valence electrons. The number of hydrogen-bond donors (Lipinski definition) is 2. The number of anilines is 1. The maximum Gasteiger partial charge on any atom is 0.262 e. The summed E-state index contributed by atoms with van der Waals surface area (Å²) in [6, 6.07) is 12.4. The van der Waals surface area contributed by atoms with Crippen LogP contribution in [0.15, 0.2) is 54.9 Å². The van der Waals surface area contributed by atoms with E-state index in [0.29, 0.717) is 18.5 Å². The van der Waals surface area contributed by atoms with Crippen molar-refractivity contribution in [1.82, 2.24) is 20.1 Å². The van der Waals surface area contributed by atoms with E-state index < -0.39 is 11.7 Å². The van der Waals surface area contributed by atoms with Crippen LogP contribution in [0.25, 0.3) is 0 Å². The highest BCUT2D eigenvalue weighted by Crippen LogP contribution is 2.18. The van der Waals surface area contributed by atoms with Gasteiger partial charge in [0, 0.05) is 19.5 Å². The van der Waals surface area contributed by atoms with Crippen LogP contribution in [-0.2, 0) is 17.8 Å². The molecule has 0 radical (unpaired) electrons. The second-order valence-electron chi connectivity index (χ2n) is 6.35. The minimum Gasteiger partial charge on any atom is -0.483 e. The molecule has 0 fully saturated rings. The lowest BCUT2D eigenvalue weighted by molar-refractivity contribution is -0.118. The number of para-hydroxylation sites is 2. The average Bonchev–Trinajstić information content (AvgIpc) is 3.21. The van der Waals surface area contributed by atoms with Crippen molar-refractivity contribution < 1.29 is 18.7 Å². The normalized spacial score (nSPS) is 10.5. The third-order valence-electron chi connectivity index (χ3n) is 4.31. The lowest BCUT2D eigenvalue weighted by atomic mass is 10.2. The van der Waals surface area contributed by atoms with Crippen molar-refractivity contribution in [3.05, 3.63) is 72.1 Å². The molecule has 2 N–H and O–H groups in total. The van der Waals surface area contributed by atoms with Gasteiger partial charge in [0.1, 0.15) is 23.7 Å². The molecule has 0 spiro atoms. The molecule has 0 saturated carbocycles. The Hall–Kier alpha value is -3.75. The Labute approximate surface area is 173 Å². The monoisotopic (exact) mass is 411 g/mol. The third kappa shape index (κ3) is 5.40. The highest BCUT2D eigenvalue weighted by Gasteiger charge is 2.14. The van der Waals surface area contributed by atoms with Crippen molar-refractivity contribution >= 4 is 17.5 Å². The van der Waals surface area contributed by atoms with E-state index in [1.807, 2.05) is 11.5 Å². The molecule has 0 unspecified atom stereocenters. The Morgan fingerprint density at radius 2 is 1.90 bits per heavy atom. The molecule has 0 atom stereocenters. The molecule has 1 aromatic heterocycles. The van der Waals surface area contributed by atoms with Gasteiger partial charge in [-0.25, -0.2) is 4.39 Å². The van der Waals surface area contributed by atoms with E-state index in [9.17, 15) is 14.0 Å². The summed E-state index contributed by atoms with van der Waals surface area (Å²) in [6.45, 7) is 2.75. The molecule has 2 aromatic carbocycles. The summed E-state index contributed by atoms with van der Waals surface area (Å²) in [7, 11) is 0. The number of amides is 2. The second-order valence-corrected chi connectivity index (χ2v) is 6.35. The molecule has 1 heterocycles. The summed E-state index contributed by atoms with van der Waals surface area (Å²) in [5.41, 5.74) is 0.366. The van der Waals surface area contributed by atoms with E-state index in [2.05, 4.69) is 20.8 Å². The number of hydrogen-bond acceptors (Lipinski definition) is 5. The minimum atomic E-state index is -0.537. The number of ether oxygens (including phenoxy) is 1. The fourth-order valence-electron chi connectivity index (χ4n) is 2.79. The fourth-order valence-corrected chi connectivity index (χ4v) is 2.79. The molecule has 3 rings (SSSR count). The molecule has 8 nitrogen and oxygen atoms in total. The number of aryl methyl sites for hydroxylation is 1. The van der Waals surface area contributed by atoms with Gasteiger partial charge in [-0.1, -0.05) is 24.3 Å². The van der Waals surface area contributed by atoms with Crippen LogP contribution in [0, 0.1) is 5.82 Å². The minimum absolute atomic E-state index is 0.0667. The van der Waals surface area contributed by atoms with E-state index in [1.165, 1.54) is 18.2 Å². The summed E-state index contributed by atoms with van der Waals surface area (Å²) < 4.78 is 21.0. The van der Waals surface area contributed by atoms with Crippen LogP contribution in [0.1, 0.15) is 23.1 Å². The quantitative estimate of drug-likeness (QED) is 0.564. The zero-order valence-electron chi connectivity index (χ0n) is 16.5. The Bertz CT molecular complexity index is 1020. The number of carbonyl (C=O) groups is 2. The van der Waals surface area contributed by atoms with E-state index in [0.717, 1.165) is 12.4 Å². The smallest absolute Gasteiger partial charge is 0.262 e. The predicted octanol–water partition coefficient (Wildman–Crippen LogP) is 2.43. The molecule has 0 aliphatic heterocycles. The number of benzene rings is 2. The van der Waals surface area contributed by atoms with Gasteiger partial charge in [-0.05, 0) is 31.2 Å². The van der Waals surface area contributed by atoms with Crippen molar-refractivity contribution in [2.75, 3.05) is 18.5 Å². The highest BCUT2D eigenvalue weighted by atomic mass is 19.1. The van der Waals surface area contributed by atoms with E-state index >= 15 is 0 Å². The first-order valence-corrected chi connectivity index (χ1v) is 9.49. The van der Waals surface area contributed by atoms with E-state index in [4.69, 9.17) is 4.74 Å². The van der Waals surface area contributed by atoms with Crippen molar-refractivity contribution in [3.8, 4) is 5.75 Å². The second kappa shape index (κ2) is 10.1. The molecular weight excluding hydrogens is 389 g/mol. The molecule has 9 heteroatoms. The summed E-state index contributed by atoms with van der Waals surface area (Å²) in [4.78, 5) is 24.6. The van der Waals surface area contributed by atoms with E-state index in [1.54, 1.807) is 36.7 Å². The van der Waals surface area contributed by atoms with Gasteiger partial charge in [0.25, 0.3) is 11.8 Å². The SMILES string of the molecule is CCn1cnnc1CCNC(=O)c1ccccc1OCC(=O)Nc1ccccc1F. The van der Waals surface area contributed by atoms with E-state index in [-0.39, 0.29) is 24.0 Å². The van der Waals surface area contributed by atoms with Crippen LogP contribution < -0.4 is 15.4 Å². The number of nitrogens with zero attached hydrogens (tertiary/aromatic N) is 3. The number of aromatic nitrogens is 3.